The normalized spacial score (nSPS) is 15.5. The molecule has 1 saturated heterocycles. The minimum Gasteiger partial charge on any atom is -0.346 e. The zero-order valence-electron chi connectivity index (χ0n) is 20.1. The Hall–Kier alpha value is -4.38. The Morgan fingerprint density at radius 3 is 2.74 bits per heavy atom. The Balaban J connectivity index is 1.25. The van der Waals surface area contributed by atoms with E-state index in [2.05, 4.69) is 41.0 Å². The summed E-state index contributed by atoms with van der Waals surface area (Å²) in [7, 11) is 0. The third-order valence-electron chi connectivity index (χ3n) is 6.51. The SMILES string of the molecule is N#CCC[C@H](Cn1cc(-c2ncnc3[nH]ccc23)cn1)N1CCN(C(=O)c2cncc(C(F)(F)F)n2)CC1. The first-order valence-electron chi connectivity index (χ1n) is 11.9. The fourth-order valence-electron chi connectivity index (χ4n) is 4.58. The summed E-state index contributed by atoms with van der Waals surface area (Å²) in [5, 5.41) is 14.6. The van der Waals surface area contributed by atoms with Crippen LogP contribution in [0.1, 0.15) is 29.0 Å². The predicted molar refractivity (Wildman–Crippen MR) is 128 cm³/mol. The third-order valence-corrected chi connectivity index (χ3v) is 6.51. The molecule has 1 aliphatic heterocycles. The van der Waals surface area contributed by atoms with Crippen LogP contribution < -0.4 is 0 Å². The van der Waals surface area contributed by atoms with Crippen molar-refractivity contribution in [2.24, 2.45) is 0 Å². The number of H-pyrrole nitrogens is 1. The molecule has 0 saturated carbocycles. The van der Waals surface area contributed by atoms with Crippen LogP contribution in [-0.2, 0) is 12.7 Å². The molecule has 5 rings (SSSR count). The summed E-state index contributed by atoms with van der Waals surface area (Å²) in [6, 6.07) is 4.07. The topological polar surface area (TPSA) is 133 Å². The van der Waals surface area contributed by atoms with Gasteiger partial charge in [-0.05, 0) is 12.5 Å². The van der Waals surface area contributed by atoms with Crippen molar-refractivity contribution in [1.29, 1.82) is 5.26 Å². The number of aromatic nitrogens is 7. The summed E-state index contributed by atoms with van der Waals surface area (Å²) in [5.74, 6) is -0.588. The van der Waals surface area contributed by atoms with E-state index in [9.17, 15) is 23.2 Å². The van der Waals surface area contributed by atoms with Gasteiger partial charge in [0.15, 0.2) is 5.69 Å². The minimum atomic E-state index is -4.68. The van der Waals surface area contributed by atoms with E-state index in [-0.39, 0.29) is 11.7 Å². The molecule has 1 N–H and O–H groups in total. The van der Waals surface area contributed by atoms with Crippen molar-refractivity contribution in [1.82, 2.24) is 44.5 Å². The lowest BCUT2D eigenvalue weighted by Crippen LogP contribution is -2.53. The van der Waals surface area contributed by atoms with Crippen LogP contribution in [0.15, 0.2) is 43.4 Å². The molecule has 4 aromatic heterocycles. The highest BCUT2D eigenvalue weighted by atomic mass is 19.4. The Kier molecular flexibility index (Phi) is 7.01. The van der Waals surface area contributed by atoms with Crippen molar-refractivity contribution in [3.05, 3.63) is 54.8 Å². The third kappa shape index (κ3) is 5.32. The van der Waals surface area contributed by atoms with Crippen molar-refractivity contribution in [3.63, 3.8) is 0 Å². The fourth-order valence-corrected chi connectivity index (χ4v) is 4.58. The van der Waals surface area contributed by atoms with E-state index < -0.39 is 17.8 Å². The van der Waals surface area contributed by atoms with Crippen LogP contribution in [0.2, 0.25) is 0 Å². The number of fused-ring (bicyclic) bond motifs is 1. The second-order valence-corrected chi connectivity index (χ2v) is 8.88. The van der Waals surface area contributed by atoms with Gasteiger partial charge in [-0.3, -0.25) is 19.4 Å². The van der Waals surface area contributed by atoms with Crippen LogP contribution in [0.5, 0.6) is 0 Å². The van der Waals surface area contributed by atoms with Crippen LogP contribution in [0.4, 0.5) is 13.2 Å². The molecule has 0 bridgehead atoms. The Morgan fingerprint density at radius 2 is 1.97 bits per heavy atom. The zero-order valence-corrected chi connectivity index (χ0v) is 20.1. The van der Waals surface area contributed by atoms with Gasteiger partial charge >= 0.3 is 6.18 Å². The van der Waals surface area contributed by atoms with Gasteiger partial charge in [0.2, 0.25) is 0 Å². The van der Waals surface area contributed by atoms with Gasteiger partial charge in [0, 0.05) is 62.0 Å². The molecular formula is C24H23F3N10O. The number of aromatic amines is 1. The summed E-state index contributed by atoms with van der Waals surface area (Å²) in [4.78, 5) is 35.1. The van der Waals surface area contributed by atoms with Gasteiger partial charge < -0.3 is 9.88 Å². The first-order valence-corrected chi connectivity index (χ1v) is 11.9. The summed E-state index contributed by atoms with van der Waals surface area (Å²) in [6.07, 6.45) is 4.87. The zero-order chi connectivity index (χ0) is 26.7. The molecule has 1 amide bonds. The van der Waals surface area contributed by atoms with Crippen molar-refractivity contribution in [3.8, 4) is 17.3 Å². The highest BCUT2D eigenvalue weighted by molar-refractivity contribution is 5.92. The van der Waals surface area contributed by atoms with Crippen LogP contribution in [0.25, 0.3) is 22.3 Å². The number of amides is 1. The molecule has 0 radical (unpaired) electrons. The maximum Gasteiger partial charge on any atom is 0.434 e. The Labute approximate surface area is 215 Å². The molecular weight excluding hydrogens is 501 g/mol. The molecule has 4 aromatic rings. The van der Waals surface area contributed by atoms with Crippen molar-refractivity contribution < 1.29 is 18.0 Å². The lowest BCUT2D eigenvalue weighted by Gasteiger charge is -2.39. The summed E-state index contributed by atoms with van der Waals surface area (Å²) in [5.41, 5.74) is 0.809. The Bertz CT molecular complexity index is 1470. The number of nitriles is 1. The molecule has 0 aliphatic carbocycles. The van der Waals surface area contributed by atoms with Crippen molar-refractivity contribution >= 4 is 16.9 Å². The number of hydrogen-bond donors (Lipinski definition) is 1. The molecule has 0 unspecified atom stereocenters. The minimum absolute atomic E-state index is 0.0225. The largest absolute Gasteiger partial charge is 0.434 e. The Morgan fingerprint density at radius 1 is 1.16 bits per heavy atom. The van der Waals surface area contributed by atoms with E-state index in [1.165, 1.54) is 11.2 Å². The van der Waals surface area contributed by atoms with Gasteiger partial charge in [-0.15, -0.1) is 0 Å². The number of piperazine rings is 1. The number of nitrogens with zero attached hydrogens (tertiary/aromatic N) is 9. The van der Waals surface area contributed by atoms with E-state index in [0.29, 0.717) is 51.8 Å². The molecule has 0 aromatic carbocycles. The van der Waals surface area contributed by atoms with Crippen molar-refractivity contribution in [2.75, 3.05) is 26.2 Å². The van der Waals surface area contributed by atoms with Gasteiger partial charge in [-0.1, -0.05) is 0 Å². The predicted octanol–water partition coefficient (Wildman–Crippen LogP) is 2.76. The lowest BCUT2D eigenvalue weighted by atomic mass is 10.1. The van der Waals surface area contributed by atoms with Gasteiger partial charge in [-0.2, -0.15) is 23.5 Å². The van der Waals surface area contributed by atoms with Gasteiger partial charge in [0.1, 0.15) is 17.7 Å². The van der Waals surface area contributed by atoms with Crippen LogP contribution >= 0.6 is 0 Å². The van der Waals surface area contributed by atoms with Gasteiger partial charge in [0.25, 0.3) is 5.91 Å². The van der Waals surface area contributed by atoms with Crippen molar-refractivity contribution in [2.45, 2.75) is 31.6 Å². The first kappa shape index (κ1) is 25.3. The second-order valence-electron chi connectivity index (χ2n) is 8.88. The fraction of sp³-hybridized carbons (Fsp3) is 0.375. The number of halogens is 3. The molecule has 0 spiro atoms. The summed E-state index contributed by atoms with van der Waals surface area (Å²) in [6.45, 7) is 2.15. The monoisotopic (exact) mass is 524 g/mol. The van der Waals surface area contributed by atoms with E-state index in [1.807, 2.05) is 16.9 Å². The van der Waals surface area contributed by atoms with E-state index in [1.54, 1.807) is 12.4 Å². The van der Waals surface area contributed by atoms with Crippen LogP contribution in [0, 0.1) is 11.3 Å². The molecule has 1 fully saturated rings. The van der Waals surface area contributed by atoms with Crippen LogP contribution in [-0.4, -0.2) is 82.6 Å². The highest BCUT2D eigenvalue weighted by Gasteiger charge is 2.34. The number of nitrogens with one attached hydrogen (secondary N) is 1. The molecule has 38 heavy (non-hydrogen) atoms. The average molecular weight is 525 g/mol. The number of carbonyl (C=O) groups excluding carboxylic acids is 1. The smallest absolute Gasteiger partial charge is 0.346 e. The molecule has 11 nitrogen and oxygen atoms in total. The number of hydrogen-bond acceptors (Lipinski definition) is 8. The van der Waals surface area contributed by atoms with Gasteiger partial charge in [0.05, 0.1) is 36.9 Å². The highest BCUT2D eigenvalue weighted by Crippen LogP contribution is 2.27. The quantitative estimate of drug-likeness (QED) is 0.390. The second kappa shape index (κ2) is 10.5. The number of rotatable bonds is 7. The molecule has 1 aliphatic rings. The van der Waals surface area contributed by atoms with E-state index >= 15 is 0 Å². The first-order chi connectivity index (χ1) is 18.3. The summed E-state index contributed by atoms with van der Waals surface area (Å²) >= 11 is 0. The molecule has 1 atom stereocenters. The maximum absolute atomic E-state index is 13.0. The molecule has 5 heterocycles. The number of carbonyl (C=O) groups is 1. The molecule has 14 heteroatoms. The lowest BCUT2D eigenvalue weighted by molar-refractivity contribution is -0.141. The summed E-state index contributed by atoms with van der Waals surface area (Å²) < 4.78 is 40.7. The van der Waals surface area contributed by atoms with Gasteiger partial charge in [-0.25, -0.2) is 15.0 Å². The van der Waals surface area contributed by atoms with Crippen LogP contribution in [0.3, 0.4) is 0 Å². The maximum atomic E-state index is 13.0. The standard InChI is InChI=1S/C24H23F3N10O/c25-24(26,27)20-12-29-11-19(34-20)23(38)36-8-6-35(7-9-36)17(2-1-4-28)14-37-13-16(10-33-37)21-18-3-5-30-22(18)32-15-31-21/h3,5,10-13,15,17H,1-2,6-9,14H2,(H,30,31,32)/t17-/m1/s1. The average Bonchev–Trinajstić information content (AvgIpc) is 3.60. The van der Waals surface area contributed by atoms with E-state index in [0.717, 1.165) is 28.5 Å². The molecule has 196 valence electrons. The van der Waals surface area contributed by atoms with E-state index in [4.69, 9.17) is 0 Å². The number of alkyl halides is 3.